The van der Waals surface area contributed by atoms with Gasteiger partial charge in [0, 0.05) is 12.4 Å². The monoisotopic (exact) mass is 277 g/mol. The van der Waals surface area contributed by atoms with Gasteiger partial charge in [-0.3, -0.25) is 0 Å². The Balaban J connectivity index is 2.25. The summed E-state index contributed by atoms with van der Waals surface area (Å²) < 4.78 is 26.9. The van der Waals surface area contributed by atoms with Crippen LogP contribution in [0.3, 0.4) is 0 Å². The van der Waals surface area contributed by atoms with Gasteiger partial charge in [-0.15, -0.1) is 0 Å². The van der Waals surface area contributed by atoms with Crippen molar-refractivity contribution in [3.63, 3.8) is 0 Å². The Morgan fingerprint density at radius 3 is 2.55 bits per heavy atom. The lowest BCUT2D eigenvalue weighted by Crippen LogP contribution is -2.25. The molecule has 2 rings (SSSR count). The van der Waals surface area contributed by atoms with Crippen LogP contribution in [0.1, 0.15) is 29.9 Å². The number of likely N-dealkylation sites (N-methyl/N-ethyl adjacent to an activating group) is 1. The van der Waals surface area contributed by atoms with E-state index in [0.29, 0.717) is 24.4 Å². The lowest BCUT2D eigenvalue weighted by Gasteiger charge is -2.17. The third-order valence-corrected chi connectivity index (χ3v) is 2.99. The van der Waals surface area contributed by atoms with Gasteiger partial charge in [0.05, 0.1) is 6.04 Å². The number of aromatic nitrogens is 2. The molecule has 1 N–H and O–H groups in total. The minimum absolute atomic E-state index is 0.239. The second-order valence-corrected chi connectivity index (χ2v) is 4.67. The van der Waals surface area contributed by atoms with Gasteiger partial charge in [-0.2, -0.15) is 0 Å². The maximum absolute atomic E-state index is 13.7. The van der Waals surface area contributed by atoms with Crippen molar-refractivity contribution in [1.29, 1.82) is 0 Å². The average molecular weight is 277 g/mol. The maximum atomic E-state index is 13.7. The molecule has 0 radical (unpaired) electrons. The first-order valence-corrected chi connectivity index (χ1v) is 6.56. The Morgan fingerprint density at radius 1 is 1.20 bits per heavy atom. The first-order chi connectivity index (χ1) is 9.60. The minimum Gasteiger partial charge on any atom is -0.307 e. The highest BCUT2D eigenvalue weighted by Crippen LogP contribution is 2.18. The fourth-order valence-corrected chi connectivity index (χ4v) is 2.00. The summed E-state index contributed by atoms with van der Waals surface area (Å²) in [6, 6.07) is 3.23. The molecule has 5 heteroatoms. The van der Waals surface area contributed by atoms with E-state index in [1.807, 2.05) is 13.8 Å². The second kappa shape index (κ2) is 6.52. The Morgan fingerprint density at radius 2 is 1.90 bits per heavy atom. The molecule has 0 fully saturated rings. The number of hydrogen-bond donors (Lipinski definition) is 1. The van der Waals surface area contributed by atoms with Crippen molar-refractivity contribution in [1.82, 2.24) is 15.3 Å². The predicted molar refractivity (Wildman–Crippen MR) is 73.2 cm³/mol. The molecular formula is C15H17F2N3. The topological polar surface area (TPSA) is 37.8 Å². The van der Waals surface area contributed by atoms with E-state index in [2.05, 4.69) is 15.3 Å². The number of halogens is 2. The highest BCUT2D eigenvalue weighted by molar-refractivity contribution is 5.21. The molecule has 1 unspecified atom stereocenters. The number of aryl methyl sites for hydroxylation is 1. The standard InChI is InChI=1S/C15H17F2N3/c1-3-18-14(15-19-8-10(2)9-20-15)7-11-6-12(16)4-5-13(11)17/h4-6,8-9,14,18H,3,7H2,1-2H3. The van der Waals surface area contributed by atoms with E-state index in [-0.39, 0.29) is 6.04 Å². The number of rotatable bonds is 5. The summed E-state index contributed by atoms with van der Waals surface area (Å²) in [7, 11) is 0. The number of nitrogens with zero attached hydrogens (tertiary/aromatic N) is 2. The van der Waals surface area contributed by atoms with E-state index in [9.17, 15) is 8.78 Å². The number of nitrogens with one attached hydrogen (secondary N) is 1. The first-order valence-electron chi connectivity index (χ1n) is 6.56. The Bertz CT molecular complexity index is 570. The van der Waals surface area contributed by atoms with E-state index in [1.165, 1.54) is 6.07 Å². The summed E-state index contributed by atoms with van der Waals surface area (Å²) in [5, 5.41) is 3.20. The van der Waals surface area contributed by atoms with E-state index in [4.69, 9.17) is 0 Å². The van der Waals surface area contributed by atoms with Gasteiger partial charge in [0.15, 0.2) is 0 Å². The molecule has 0 saturated carbocycles. The van der Waals surface area contributed by atoms with Crippen molar-refractivity contribution >= 4 is 0 Å². The molecule has 1 heterocycles. The second-order valence-electron chi connectivity index (χ2n) is 4.67. The number of hydrogen-bond acceptors (Lipinski definition) is 3. The highest BCUT2D eigenvalue weighted by atomic mass is 19.1. The van der Waals surface area contributed by atoms with Crippen LogP contribution in [0.5, 0.6) is 0 Å². The number of benzene rings is 1. The van der Waals surface area contributed by atoms with Gasteiger partial charge in [0.1, 0.15) is 17.5 Å². The van der Waals surface area contributed by atoms with Crippen molar-refractivity contribution in [3.05, 3.63) is 59.2 Å². The molecule has 1 aromatic carbocycles. The third kappa shape index (κ3) is 3.57. The van der Waals surface area contributed by atoms with Crippen LogP contribution in [0.25, 0.3) is 0 Å². The molecule has 20 heavy (non-hydrogen) atoms. The van der Waals surface area contributed by atoms with Crippen LogP contribution in [0, 0.1) is 18.6 Å². The van der Waals surface area contributed by atoms with Crippen molar-refractivity contribution in [2.75, 3.05) is 6.54 Å². The zero-order chi connectivity index (χ0) is 14.5. The van der Waals surface area contributed by atoms with Gasteiger partial charge in [-0.1, -0.05) is 6.92 Å². The quantitative estimate of drug-likeness (QED) is 0.913. The van der Waals surface area contributed by atoms with Gasteiger partial charge in [0.2, 0.25) is 0 Å². The maximum Gasteiger partial charge on any atom is 0.145 e. The molecule has 0 spiro atoms. The molecule has 0 aliphatic carbocycles. The lowest BCUT2D eigenvalue weighted by atomic mass is 10.0. The van der Waals surface area contributed by atoms with E-state index < -0.39 is 11.6 Å². The van der Waals surface area contributed by atoms with E-state index in [1.54, 1.807) is 12.4 Å². The Labute approximate surface area is 117 Å². The largest absolute Gasteiger partial charge is 0.307 e. The van der Waals surface area contributed by atoms with Crippen molar-refractivity contribution < 1.29 is 8.78 Å². The predicted octanol–water partition coefficient (Wildman–Crippen LogP) is 2.96. The van der Waals surface area contributed by atoms with Crippen LogP contribution in [-0.2, 0) is 6.42 Å². The fourth-order valence-electron chi connectivity index (χ4n) is 2.00. The van der Waals surface area contributed by atoms with Gasteiger partial charge < -0.3 is 5.32 Å². The SMILES string of the molecule is CCNC(Cc1cc(F)ccc1F)c1ncc(C)cn1. The van der Waals surface area contributed by atoms with Gasteiger partial charge >= 0.3 is 0 Å². The fraction of sp³-hybridized carbons (Fsp3) is 0.333. The summed E-state index contributed by atoms with van der Waals surface area (Å²) in [5.41, 5.74) is 1.28. The van der Waals surface area contributed by atoms with Crippen LogP contribution in [0.2, 0.25) is 0 Å². The van der Waals surface area contributed by atoms with Crippen molar-refractivity contribution in [3.8, 4) is 0 Å². The van der Waals surface area contributed by atoms with Crippen LogP contribution in [0.15, 0.2) is 30.6 Å². The normalized spacial score (nSPS) is 12.4. The van der Waals surface area contributed by atoms with Gasteiger partial charge in [0.25, 0.3) is 0 Å². The third-order valence-electron chi connectivity index (χ3n) is 2.99. The van der Waals surface area contributed by atoms with Crippen LogP contribution in [-0.4, -0.2) is 16.5 Å². The van der Waals surface area contributed by atoms with E-state index in [0.717, 1.165) is 17.7 Å². The molecule has 0 aliphatic heterocycles. The van der Waals surface area contributed by atoms with Crippen LogP contribution >= 0.6 is 0 Å². The molecule has 0 saturated heterocycles. The molecule has 1 aromatic heterocycles. The highest BCUT2D eigenvalue weighted by Gasteiger charge is 2.16. The Kier molecular flexibility index (Phi) is 4.74. The van der Waals surface area contributed by atoms with Gasteiger partial charge in [-0.25, -0.2) is 18.7 Å². The summed E-state index contributed by atoms with van der Waals surface area (Å²) >= 11 is 0. The molecule has 0 bridgehead atoms. The van der Waals surface area contributed by atoms with Gasteiger partial charge in [-0.05, 0) is 49.2 Å². The summed E-state index contributed by atoms with van der Waals surface area (Å²) in [6.07, 6.45) is 3.74. The molecule has 3 nitrogen and oxygen atoms in total. The molecule has 0 aliphatic rings. The Hall–Kier alpha value is -1.88. The average Bonchev–Trinajstić information content (AvgIpc) is 2.43. The van der Waals surface area contributed by atoms with E-state index >= 15 is 0 Å². The first kappa shape index (κ1) is 14.5. The molecule has 106 valence electrons. The lowest BCUT2D eigenvalue weighted by molar-refractivity contribution is 0.501. The van der Waals surface area contributed by atoms with Crippen LogP contribution < -0.4 is 5.32 Å². The van der Waals surface area contributed by atoms with Crippen molar-refractivity contribution in [2.45, 2.75) is 26.3 Å². The smallest absolute Gasteiger partial charge is 0.145 e. The zero-order valence-electron chi connectivity index (χ0n) is 11.5. The molecule has 2 aromatic rings. The molecule has 1 atom stereocenters. The summed E-state index contributed by atoms with van der Waals surface area (Å²) in [4.78, 5) is 8.51. The summed E-state index contributed by atoms with van der Waals surface area (Å²) in [5.74, 6) is -0.274. The van der Waals surface area contributed by atoms with Crippen molar-refractivity contribution in [2.24, 2.45) is 0 Å². The molecule has 0 amide bonds. The summed E-state index contributed by atoms with van der Waals surface area (Å²) in [6.45, 7) is 4.54. The minimum atomic E-state index is -0.443. The zero-order valence-corrected chi connectivity index (χ0v) is 11.5. The molecular weight excluding hydrogens is 260 g/mol. The van der Waals surface area contributed by atoms with Crippen LogP contribution in [0.4, 0.5) is 8.78 Å².